The van der Waals surface area contributed by atoms with Crippen molar-refractivity contribution in [3.63, 3.8) is 0 Å². The Morgan fingerprint density at radius 1 is 1.21 bits per heavy atom. The lowest BCUT2D eigenvalue weighted by atomic mass is 9.89. The van der Waals surface area contributed by atoms with Crippen LogP contribution in [0.4, 0.5) is 0 Å². The van der Waals surface area contributed by atoms with Crippen molar-refractivity contribution >= 4 is 5.91 Å². The summed E-state index contributed by atoms with van der Waals surface area (Å²) in [4.78, 5) is 12.2. The summed E-state index contributed by atoms with van der Waals surface area (Å²) >= 11 is 0. The molecule has 1 amide bonds. The molecule has 0 radical (unpaired) electrons. The van der Waals surface area contributed by atoms with Gasteiger partial charge in [0.15, 0.2) is 0 Å². The first-order chi connectivity index (χ1) is 9.24. The molecule has 2 atom stereocenters. The van der Waals surface area contributed by atoms with Gasteiger partial charge in [0.2, 0.25) is 5.91 Å². The fourth-order valence-corrected chi connectivity index (χ4v) is 3.61. The second-order valence-corrected chi connectivity index (χ2v) is 6.20. The number of hydrogen-bond donors (Lipinski definition) is 1. The zero-order valence-corrected chi connectivity index (χ0v) is 12.5. The van der Waals surface area contributed by atoms with E-state index in [1.165, 1.54) is 25.7 Å². The molecule has 0 aromatic heterocycles. The van der Waals surface area contributed by atoms with Crippen LogP contribution in [-0.4, -0.2) is 24.7 Å². The van der Waals surface area contributed by atoms with Gasteiger partial charge in [0, 0.05) is 18.6 Å². The highest BCUT2D eigenvalue weighted by Gasteiger charge is 2.30. The molecule has 1 heterocycles. The average Bonchev–Trinajstić information content (AvgIpc) is 2.94. The minimum absolute atomic E-state index is 0.287. The zero-order chi connectivity index (χ0) is 13.7. The molecule has 2 rings (SSSR count). The number of carbonyl (C=O) groups excluding carboxylic acids is 1. The summed E-state index contributed by atoms with van der Waals surface area (Å²) < 4.78 is 5.91. The molecule has 2 fully saturated rings. The molecule has 1 N–H and O–H groups in total. The van der Waals surface area contributed by atoms with E-state index in [2.05, 4.69) is 19.2 Å². The van der Waals surface area contributed by atoms with Crippen LogP contribution in [-0.2, 0) is 9.53 Å². The third-order valence-corrected chi connectivity index (χ3v) is 4.96. The van der Waals surface area contributed by atoms with Gasteiger partial charge in [0.05, 0.1) is 6.10 Å². The first kappa shape index (κ1) is 14.8. The van der Waals surface area contributed by atoms with Crippen LogP contribution in [0, 0.1) is 11.8 Å². The van der Waals surface area contributed by atoms with Crippen molar-refractivity contribution in [3.05, 3.63) is 0 Å². The van der Waals surface area contributed by atoms with Crippen LogP contribution in [0.1, 0.15) is 65.2 Å². The van der Waals surface area contributed by atoms with E-state index in [4.69, 9.17) is 4.74 Å². The van der Waals surface area contributed by atoms with Gasteiger partial charge in [0.25, 0.3) is 0 Å². The van der Waals surface area contributed by atoms with Crippen molar-refractivity contribution in [2.75, 3.05) is 6.61 Å². The average molecular weight is 267 g/mol. The van der Waals surface area contributed by atoms with E-state index in [9.17, 15) is 4.79 Å². The number of nitrogens with one attached hydrogen (secondary N) is 1. The Balaban J connectivity index is 1.81. The quantitative estimate of drug-likeness (QED) is 0.830. The van der Waals surface area contributed by atoms with Gasteiger partial charge in [-0.1, -0.05) is 39.5 Å². The van der Waals surface area contributed by atoms with E-state index >= 15 is 0 Å². The van der Waals surface area contributed by atoms with E-state index in [-0.39, 0.29) is 5.92 Å². The van der Waals surface area contributed by atoms with Gasteiger partial charge in [-0.25, -0.2) is 0 Å². The lowest BCUT2D eigenvalue weighted by molar-refractivity contribution is -0.127. The van der Waals surface area contributed by atoms with Crippen LogP contribution in [0.15, 0.2) is 0 Å². The Hall–Kier alpha value is -0.570. The van der Waals surface area contributed by atoms with Crippen LogP contribution in [0.25, 0.3) is 0 Å². The minimum Gasteiger partial charge on any atom is -0.378 e. The Morgan fingerprint density at radius 3 is 2.53 bits per heavy atom. The molecule has 1 saturated carbocycles. The predicted molar refractivity (Wildman–Crippen MR) is 76.9 cm³/mol. The number of rotatable bonds is 5. The molecule has 1 aliphatic carbocycles. The van der Waals surface area contributed by atoms with E-state index in [1.54, 1.807) is 0 Å². The van der Waals surface area contributed by atoms with E-state index in [0.29, 0.717) is 24.0 Å². The summed E-state index contributed by atoms with van der Waals surface area (Å²) in [6.45, 7) is 5.27. The lowest BCUT2D eigenvalue weighted by Crippen LogP contribution is -2.45. The summed E-state index contributed by atoms with van der Waals surface area (Å²) in [7, 11) is 0. The maximum absolute atomic E-state index is 12.2. The Kier molecular flexibility index (Phi) is 5.68. The molecule has 110 valence electrons. The number of hydrogen-bond acceptors (Lipinski definition) is 2. The van der Waals surface area contributed by atoms with Crippen molar-refractivity contribution < 1.29 is 9.53 Å². The number of carbonyl (C=O) groups is 1. The van der Waals surface area contributed by atoms with Gasteiger partial charge in [-0.3, -0.25) is 4.79 Å². The third-order valence-electron chi connectivity index (χ3n) is 4.96. The molecule has 3 heteroatoms. The lowest BCUT2D eigenvalue weighted by Gasteiger charge is -2.34. The fourth-order valence-electron chi connectivity index (χ4n) is 3.61. The summed E-state index contributed by atoms with van der Waals surface area (Å²) in [5, 5.41) is 3.27. The van der Waals surface area contributed by atoms with Crippen LogP contribution in [0.3, 0.4) is 0 Å². The van der Waals surface area contributed by atoms with E-state index < -0.39 is 0 Å². The Morgan fingerprint density at radius 2 is 1.89 bits per heavy atom. The van der Waals surface area contributed by atoms with E-state index in [0.717, 1.165) is 32.3 Å². The smallest absolute Gasteiger partial charge is 0.223 e. The molecule has 19 heavy (non-hydrogen) atoms. The molecule has 0 spiro atoms. The molecular formula is C16H29NO2. The van der Waals surface area contributed by atoms with Crippen LogP contribution in [0.2, 0.25) is 0 Å². The fraction of sp³-hybridized carbons (Fsp3) is 0.938. The second-order valence-electron chi connectivity index (χ2n) is 6.20. The topological polar surface area (TPSA) is 38.3 Å². The minimum atomic E-state index is 0.287. The van der Waals surface area contributed by atoms with Gasteiger partial charge in [-0.2, -0.15) is 0 Å². The predicted octanol–water partition coefficient (Wildman–Crippen LogP) is 3.28. The summed E-state index contributed by atoms with van der Waals surface area (Å²) in [6, 6.07) is 0.340. The Bertz CT molecular complexity index is 282. The highest BCUT2D eigenvalue weighted by Crippen LogP contribution is 2.27. The van der Waals surface area contributed by atoms with Crippen LogP contribution in [0.5, 0.6) is 0 Å². The molecular weight excluding hydrogens is 238 g/mol. The zero-order valence-electron chi connectivity index (χ0n) is 12.5. The molecule has 1 saturated heterocycles. The van der Waals surface area contributed by atoms with Crippen molar-refractivity contribution in [1.29, 1.82) is 0 Å². The summed E-state index contributed by atoms with van der Waals surface area (Å²) in [5.41, 5.74) is 0. The first-order valence-electron chi connectivity index (χ1n) is 8.16. The van der Waals surface area contributed by atoms with Crippen LogP contribution >= 0.6 is 0 Å². The van der Waals surface area contributed by atoms with Crippen molar-refractivity contribution in [1.82, 2.24) is 5.32 Å². The SMILES string of the molecule is CCC(CC)[C@@H]1C[C@@H](NC(=O)C2CCCC2)CCO1. The number of amides is 1. The van der Waals surface area contributed by atoms with Crippen molar-refractivity contribution in [2.45, 2.75) is 77.4 Å². The number of ether oxygens (including phenoxy) is 1. The first-order valence-corrected chi connectivity index (χ1v) is 8.16. The molecule has 0 aromatic rings. The molecule has 0 bridgehead atoms. The Labute approximate surface area is 117 Å². The molecule has 2 aliphatic rings. The summed E-state index contributed by atoms with van der Waals surface area (Å²) in [5.74, 6) is 1.23. The van der Waals surface area contributed by atoms with Gasteiger partial charge >= 0.3 is 0 Å². The second kappa shape index (κ2) is 7.28. The molecule has 0 unspecified atom stereocenters. The van der Waals surface area contributed by atoms with Gasteiger partial charge in [0.1, 0.15) is 0 Å². The van der Waals surface area contributed by atoms with Crippen LogP contribution < -0.4 is 5.32 Å². The van der Waals surface area contributed by atoms with Gasteiger partial charge in [-0.15, -0.1) is 0 Å². The van der Waals surface area contributed by atoms with Gasteiger partial charge in [-0.05, 0) is 31.6 Å². The maximum atomic E-state index is 12.2. The monoisotopic (exact) mass is 267 g/mol. The third kappa shape index (κ3) is 3.95. The molecule has 3 nitrogen and oxygen atoms in total. The normalized spacial score (nSPS) is 28.8. The van der Waals surface area contributed by atoms with Crippen molar-refractivity contribution in [2.24, 2.45) is 11.8 Å². The standard InChI is InChI=1S/C16H29NO2/c1-3-12(4-2)15-11-14(9-10-19-15)17-16(18)13-7-5-6-8-13/h12-15H,3-11H2,1-2H3,(H,17,18)/t14-,15-/m0/s1. The van der Waals surface area contributed by atoms with Gasteiger partial charge < -0.3 is 10.1 Å². The van der Waals surface area contributed by atoms with Crippen molar-refractivity contribution in [3.8, 4) is 0 Å². The summed E-state index contributed by atoms with van der Waals surface area (Å²) in [6.07, 6.45) is 9.30. The van der Waals surface area contributed by atoms with E-state index in [1.807, 2.05) is 0 Å². The highest BCUT2D eigenvalue weighted by molar-refractivity contribution is 5.79. The maximum Gasteiger partial charge on any atom is 0.223 e. The molecule has 1 aliphatic heterocycles. The highest BCUT2D eigenvalue weighted by atomic mass is 16.5. The largest absolute Gasteiger partial charge is 0.378 e. The molecule has 0 aromatic carbocycles.